The van der Waals surface area contributed by atoms with Gasteiger partial charge in [0.05, 0.1) is 0 Å². The number of aromatic nitrogens is 1. The van der Waals surface area contributed by atoms with E-state index in [1.54, 1.807) is 0 Å². The highest BCUT2D eigenvalue weighted by molar-refractivity contribution is 9.10. The number of hydrogen-bond donors (Lipinski definition) is 1. The highest BCUT2D eigenvalue weighted by Crippen LogP contribution is 2.15. The summed E-state index contributed by atoms with van der Waals surface area (Å²) in [5.74, 6) is 1.04. The van der Waals surface area contributed by atoms with Crippen LogP contribution in [-0.4, -0.2) is 32.7 Å². The topological polar surface area (TPSA) is 51.1 Å². The van der Waals surface area contributed by atoms with Gasteiger partial charge in [0.1, 0.15) is 5.69 Å². The zero-order valence-corrected chi connectivity index (χ0v) is 13.1. The van der Waals surface area contributed by atoms with Crippen LogP contribution in [0.3, 0.4) is 0 Å². The van der Waals surface area contributed by atoms with Gasteiger partial charge in [0.2, 0.25) is 0 Å². The fourth-order valence-corrected chi connectivity index (χ4v) is 2.69. The quantitative estimate of drug-likeness (QED) is 0.830. The predicted molar refractivity (Wildman–Crippen MR) is 78.3 cm³/mol. The van der Waals surface area contributed by atoms with Gasteiger partial charge in [-0.25, -0.2) is 0 Å². The van der Waals surface area contributed by atoms with E-state index in [4.69, 9.17) is 0 Å². The Bertz CT molecular complexity index is 432. The summed E-state index contributed by atoms with van der Waals surface area (Å²) in [5.41, 5.74) is 0.644. The number of aryl methyl sites for hydroxylation is 1. The van der Waals surface area contributed by atoms with Crippen LogP contribution in [0.4, 0.5) is 0 Å². The predicted octanol–water partition coefficient (Wildman–Crippen LogP) is 2.16. The summed E-state index contributed by atoms with van der Waals surface area (Å²) in [6.45, 7) is 5.21. The molecule has 0 spiro atoms. The maximum absolute atomic E-state index is 12.0. The number of halogens is 1. The maximum atomic E-state index is 12.0. The van der Waals surface area contributed by atoms with Gasteiger partial charge in [-0.05, 0) is 28.4 Å². The number of nitrogens with one attached hydrogen (secondary N) is 1. The summed E-state index contributed by atoms with van der Waals surface area (Å²) in [5, 5.41) is 2.80. The van der Waals surface area contributed by atoms with E-state index in [0.717, 1.165) is 17.4 Å². The van der Waals surface area contributed by atoms with Crippen molar-refractivity contribution in [3.05, 3.63) is 22.4 Å². The summed E-state index contributed by atoms with van der Waals surface area (Å²) in [7, 11) is -0.834. The number of rotatable bonds is 7. The molecule has 1 heterocycles. The molecule has 0 saturated carbocycles. The van der Waals surface area contributed by atoms with Crippen molar-refractivity contribution >= 4 is 32.6 Å². The molecule has 0 fully saturated rings. The van der Waals surface area contributed by atoms with Crippen molar-refractivity contribution in [3.63, 3.8) is 0 Å². The molecule has 0 saturated heterocycles. The Balaban J connectivity index is 2.58. The van der Waals surface area contributed by atoms with E-state index in [1.165, 1.54) is 0 Å². The van der Waals surface area contributed by atoms with E-state index in [-0.39, 0.29) is 5.91 Å². The molecule has 102 valence electrons. The van der Waals surface area contributed by atoms with E-state index in [9.17, 15) is 9.00 Å². The van der Waals surface area contributed by atoms with Crippen molar-refractivity contribution in [1.82, 2.24) is 9.88 Å². The van der Waals surface area contributed by atoms with E-state index in [2.05, 4.69) is 28.2 Å². The Hall–Kier alpha value is -0.620. The van der Waals surface area contributed by atoms with E-state index in [1.807, 2.05) is 23.8 Å². The lowest BCUT2D eigenvalue weighted by Crippen LogP contribution is -2.29. The van der Waals surface area contributed by atoms with Crippen LogP contribution in [0, 0.1) is 0 Å². The van der Waals surface area contributed by atoms with Crippen LogP contribution in [0.5, 0.6) is 0 Å². The summed E-state index contributed by atoms with van der Waals surface area (Å²) < 4.78 is 14.1. The highest BCUT2D eigenvalue weighted by Gasteiger charge is 2.12. The van der Waals surface area contributed by atoms with Crippen LogP contribution in [0.2, 0.25) is 0 Å². The number of nitrogens with zero attached hydrogens (tertiary/aromatic N) is 1. The Morgan fingerprint density at radius 1 is 1.50 bits per heavy atom. The first kappa shape index (κ1) is 15.4. The second kappa shape index (κ2) is 7.74. The standard InChI is InChI=1S/C12H19BrN2O2S/c1-3-6-15-9-10(13)8-11(15)12(16)14-5-7-18(17)4-2/h8-9H,3-7H2,1-2H3,(H,14,16). The van der Waals surface area contributed by atoms with Gasteiger partial charge in [-0.3, -0.25) is 9.00 Å². The fraction of sp³-hybridized carbons (Fsp3) is 0.583. The third-order valence-electron chi connectivity index (χ3n) is 2.50. The first-order chi connectivity index (χ1) is 8.58. The van der Waals surface area contributed by atoms with Crippen LogP contribution < -0.4 is 5.32 Å². The molecular formula is C12H19BrN2O2S. The maximum Gasteiger partial charge on any atom is 0.267 e. The summed E-state index contributed by atoms with van der Waals surface area (Å²) in [6.07, 6.45) is 2.88. The largest absolute Gasteiger partial charge is 0.350 e. The van der Waals surface area contributed by atoms with Crippen molar-refractivity contribution < 1.29 is 9.00 Å². The Kier molecular flexibility index (Phi) is 6.63. The SMILES string of the molecule is CCCn1cc(Br)cc1C(=O)NCCS(=O)CC. The number of carbonyl (C=O) groups is 1. The zero-order valence-electron chi connectivity index (χ0n) is 10.7. The molecule has 1 atom stereocenters. The first-order valence-electron chi connectivity index (χ1n) is 6.07. The molecule has 6 heteroatoms. The van der Waals surface area contributed by atoms with Gasteiger partial charge >= 0.3 is 0 Å². The Morgan fingerprint density at radius 2 is 2.22 bits per heavy atom. The lowest BCUT2D eigenvalue weighted by molar-refractivity contribution is 0.0947. The first-order valence-corrected chi connectivity index (χ1v) is 8.35. The molecule has 1 amide bonds. The Labute approximate surface area is 119 Å². The molecule has 1 aromatic rings. The average Bonchev–Trinajstić information content (AvgIpc) is 2.70. The van der Waals surface area contributed by atoms with E-state index >= 15 is 0 Å². The van der Waals surface area contributed by atoms with Gasteiger partial charge < -0.3 is 9.88 Å². The molecule has 0 aromatic carbocycles. The second-order valence-corrected chi connectivity index (χ2v) is 6.71. The Morgan fingerprint density at radius 3 is 2.83 bits per heavy atom. The van der Waals surface area contributed by atoms with Crippen molar-refractivity contribution in [2.75, 3.05) is 18.1 Å². The minimum absolute atomic E-state index is 0.109. The van der Waals surface area contributed by atoms with E-state index in [0.29, 0.717) is 23.7 Å². The fourth-order valence-electron chi connectivity index (χ4n) is 1.60. The van der Waals surface area contributed by atoms with Gasteiger partial charge in [-0.1, -0.05) is 13.8 Å². The normalized spacial score (nSPS) is 12.4. The van der Waals surface area contributed by atoms with Gasteiger partial charge in [0.15, 0.2) is 0 Å². The van der Waals surface area contributed by atoms with Crippen molar-refractivity contribution in [2.45, 2.75) is 26.8 Å². The van der Waals surface area contributed by atoms with Crippen LogP contribution in [0.1, 0.15) is 30.8 Å². The second-order valence-electron chi connectivity index (χ2n) is 3.93. The molecule has 1 unspecified atom stereocenters. The summed E-state index contributed by atoms with van der Waals surface area (Å²) >= 11 is 3.37. The van der Waals surface area contributed by atoms with Gasteiger partial charge in [0.25, 0.3) is 5.91 Å². The molecule has 18 heavy (non-hydrogen) atoms. The lowest BCUT2D eigenvalue weighted by Gasteiger charge is -2.08. The molecule has 1 aromatic heterocycles. The molecule has 1 rings (SSSR count). The summed E-state index contributed by atoms with van der Waals surface area (Å²) in [6, 6.07) is 1.81. The van der Waals surface area contributed by atoms with Crippen molar-refractivity contribution in [3.8, 4) is 0 Å². The van der Waals surface area contributed by atoms with Gasteiger partial charge in [-0.2, -0.15) is 0 Å². The number of hydrogen-bond acceptors (Lipinski definition) is 2. The monoisotopic (exact) mass is 334 g/mol. The molecule has 1 N–H and O–H groups in total. The minimum atomic E-state index is -0.834. The van der Waals surface area contributed by atoms with Crippen LogP contribution in [0.15, 0.2) is 16.7 Å². The number of amides is 1. The van der Waals surface area contributed by atoms with Crippen LogP contribution in [-0.2, 0) is 17.3 Å². The third kappa shape index (κ3) is 4.57. The molecule has 0 aliphatic rings. The van der Waals surface area contributed by atoms with Crippen molar-refractivity contribution in [1.29, 1.82) is 0 Å². The van der Waals surface area contributed by atoms with Crippen LogP contribution >= 0.6 is 15.9 Å². The van der Waals surface area contributed by atoms with E-state index < -0.39 is 10.8 Å². The third-order valence-corrected chi connectivity index (χ3v) is 4.23. The lowest BCUT2D eigenvalue weighted by atomic mass is 10.4. The molecule has 0 aliphatic heterocycles. The van der Waals surface area contributed by atoms with Gasteiger partial charge in [-0.15, -0.1) is 0 Å². The van der Waals surface area contributed by atoms with Crippen molar-refractivity contribution in [2.24, 2.45) is 0 Å². The zero-order chi connectivity index (χ0) is 13.5. The van der Waals surface area contributed by atoms with Crippen LogP contribution in [0.25, 0.3) is 0 Å². The molecular weight excluding hydrogens is 316 g/mol. The number of carbonyl (C=O) groups excluding carboxylic acids is 1. The molecule has 0 aliphatic carbocycles. The smallest absolute Gasteiger partial charge is 0.267 e. The molecule has 4 nitrogen and oxygen atoms in total. The molecule has 0 bridgehead atoms. The molecule has 0 radical (unpaired) electrons. The summed E-state index contributed by atoms with van der Waals surface area (Å²) in [4.78, 5) is 12.0. The minimum Gasteiger partial charge on any atom is -0.350 e. The van der Waals surface area contributed by atoms with Gasteiger partial charge in [0, 0.05) is 46.1 Å². The highest BCUT2D eigenvalue weighted by atomic mass is 79.9. The average molecular weight is 335 g/mol.